The molecule has 0 saturated heterocycles. The second kappa shape index (κ2) is 11.9. The highest BCUT2D eigenvalue weighted by Crippen LogP contribution is 2.27. The molecule has 5 rings (SSSR count). The number of carbonyl (C=O) groups is 1. The molecule has 0 bridgehead atoms. The lowest BCUT2D eigenvalue weighted by atomic mass is 10.1. The van der Waals surface area contributed by atoms with E-state index in [0.717, 1.165) is 40.5 Å². The minimum Gasteiger partial charge on any atom is -0.350 e. The highest BCUT2D eigenvalue weighted by Gasteiger charge is 2.14. The van der Waals surface area contributed by atoms with Gasteiger partial charge < -0.3 is 5.32 Å². The van der Waals surface area contributed by atoms with E-state index in [2.05, 4.69) is 58.2 Å². The summed E-state index contributed by atoms with van der Waals surface area (Å²) in [4.78, 5) is 22.2. The van der Waals surface area contributed by atoms with Crippen molar-refractivity contribution < 1.29 is 4.79 Å². The van der Waals surface area contributed by atoms with E-state index in [-0.39, 0.29) is 11.9 Å². The zero-order valence-corrected chi connectivity index (χ0v) is 21.7. The van der Waals surface area contributed by atoms with E-state index in [1.807, 2.05) is 60.7 Å². The summed E-state index contributed by atoms with van der Waals surface area (Å²) < 4.78 is 2.16. The minimum atomic E-state index is -0.0408. The van der Waals surface area contributed by atoms with Crippen molar-refractivity contribution >= 4 is 28.8 Å². The van der Waals surface area contributed by atoms with Gasteiger partial charge in [-0.3, -0.25) is 9.36 Å². The Morgan fingerprint density at radius 1 is 0.865 bits per heavy atom. The van der Waals surface area contributed by atoms with Crippen LogP contribution in [0.3, 0.4) is 0 Å². The number of aromatic nitrogens is 3. The molecular formula is C31H30N4OS. The molecule has 1 atom stereocenters. The van der Waals surface area contributed by atoms with Gasteiger partial charge in [0, 0.05) is 23.6 Å². The molecule has 37 heavy (non-hydrogen) atoms. The number of nitrogens with zero attached hydrogens (tertiary/aromatic N) is 3. The van der Waals surface area contributed by atoms with Gasteiger partial charge in [0.2, 0.25) is 0 Å². The average Bonchev–Trinajstić information content (AvgIpc) is 3.29. The fourth-order valence-electron chi connectivity index (χ4n) is 4.26. The molecule has 6 heteroatoms. The van der Waals surface area contributed by atoms with Crippen molar-refractivity contribution in [2.75, 3.05) is 0 Å². The number of thioether (sulfide) groups is 1. The highest BCUT2D eigenvalue weighted by atomic mass is 32.2. The Kier molecular flexibility index (Phi) is 7.96. The Hall–Kier alpha value is -3.90. The molecular weight excluding hydrogens is 476 g/mol. The standard InChI is InChI=1S/C31H30N4OS/c1-23(14-15-24-9-4-2-5-10-24)33-30(36)27-18-16-25(17-19-27)21-35-29-28(13-8-20-32-29)34-31(35)37-22-26-11-6-3-7-12-26/h2-13,16-20,23H,14-15,21-22H2,1H3,(H,33,36)/t23-/m0/s1. The topological polar surface area (TPSA) is 59.8 Å². The van der Waals surface area contributed by atoms with Crippen LogP contribution in [-0.2, 0) is 18.7 Å². The summed E-state index contributed by atoms with van der Waals surface area (Å²) in [6, 6.07) is 32.6. The Balaban J connectivity index is 1.24. The van der Waals surface area contributed by atoms with Gasteiger partial charge in [0.25, 0.3) is 5.91 Å². The molecule has 0 aliphatic rings. The van der Waals surface area contributed by atoms with Gasteiger partial charge >= 0.3 is 0 Å². The number of pyridine rings is 1. The van der Waals surface area contributed by atoms with Crippen LogP contribution in [0.15, 0.2) is 108 Å². The lowest BCUT2D eigenvalue weighted by Crippen LogP contribution is -2.32. The highest BCUT2D eigenvalue weighted by molar-refractivity contribution is 7.98. The third kappa shape index (κ3) is 6.46. The van der Waals surface area contributed by atoms with E-state index in [1.165, 1.54) is 11.1 Å². The maximum atomic E-state index is 12.8. The molecule has 1 N–H and O–H groups in total. The van der Waals surface area contributed by atoms with Crippen LogP contribution < -0.4 is 5.32 Å². The van der Waals surface area contributed by atoms with Gasteiger partial charge in [-0.05, 0) is 60.7 Å². The molecule has 186 valence electrons. The van der Waals surface area contributed by atoms with E-state index in [1.54, 1.807) is 18.0 Å². The number of aryl methyl sites for hydroxylation is 1. The summed E-state index contributed by atoms with van der Waals surface area (Å²) >= 11 is 1.71. The number of amides is 1. The first kappa shape index (κ1) is 24.8. The number of fused-ring (bicyclic) bond motifs is 1. The lowest BCUT2D eigenvalue weighted by molar-refractivity contribution is 0.0938. The molecule has 5 nitrogen and oxygen atoms in total. The molecule has 2 aromatic heterocycles. The molecule has 0 unspecified atom stereocenters. The molecule has 5 aromatic rings. The molecule has 0 aliphatic carbocycles. The molecule has 1 amide bonds. The van der Waals surface area contributed by atoms with Gasteiger partial charge in [0.05, 0.1) is 6.54 Å². The SMILES string of the molecule is C[C@@H](CCc1ccccc1)NC(=O)c1ccc(Cn2c(SCc3ccccc3)nc3cccnc32)cc1. The van der Waals surface area contributed by atoms with Crippen LogP contribution in [0.1, 0.15) is 40.4 Å². The van der Waals surface area contributed by atoms with Crippen LogP contribution in [0, 0.1) is 0 Å². The maximum Gasteiger partial charge on any atom is 0.251 e. The normalized spacial score (nSPS) is 11.9. The van der Waals surface area contributed by atoms with Crippen LogP contribution in [0.25, 0.3) is 11.2 Å². The van der Waals surface area contributed by atoms with E-state index >= 15 is 0 Å². The summed E-state index contributed by atoms with van der Waals surface area (Å²) in [5.41, 5.74) is 6.07. The fraction of sp³-hybridized carbons (Fsp3) is 0.194. The van der Waals surface area contributed by atoms with Gasteiger partial charge in [0.15, 0.2) is 10.8 Å². The van der Waals surface area contributed by atoms with E-state index in [0.29, 0.717) is 12.1 Å². The largest absolute Gasteiger partial charge is 0.350 e. The lowest BCUT2D eigenvalue weighted by Gasteiger charge is -2.14. The Morgan fingerprint density at radius 2 is 1.57 bits per heavy atom. The molecule has 0 saturated carbocycles. The number of hydrogen-bond donors (Lipinski definition) is 1. The molecule has 0 spiro atoms. The molecule has 0 radical (unpaired) electrons. The van der Waals surface area contributed by atoms with Crippen molar-refractivity contribution in [1.29, 1.82) is 0 Å². The number of rotatable bonds is 10. The number of benzene rings is 3. The van der Waals surface area contributed by atoms with Crippen molar-refractivity contribution in [2.45, 2.75) is 43.3 Å². The van der Waals surface area contributed by atoms with E-state index in [4.69, 9.17) is 4.98 Å². The number of nitrogens with one attached hydrogen (secondary N) is 1. The first-order valence-corrected chi connectivity index (χ1v) is 13.6. The van der Waals surface area contributed by atoms with Gasteiger partial charge in [-0.25, -0.2) is 9.97 Å². The van der Waals surface area contributed by atoms with Crippen molar-refractivity contribution in [1.82, 2.24) is 19.9 Å². The molecule has 3 aromatic carbocycles. The van der Waals surface area contributed by atoms with Crippen molar-refractivity contribution in [2.24, 2.45) is 0 Å². The second-order valence-corrected chi connectivity index (χ2v) is 10.1. The Morgan fingerprint density at radius 3 is 2.30 bits per heavy atom. The van der Waals surface area contributed by atoms with Gasteiger partial charge in [-0.1, -0.05) is 84.6 Å². The smallest absolute Gasteiger partial charge is 0.251 e. The maximum absolute atomic E-state index is 12.8. The zero-order valence-electron chi connectivity index (χ0n) is 20.9. The Bertz CT molecular complexity index is 1450. The summed E-state index contributed by atoms with van der Waals surface area (Å²) in [7, 11) is 0. The van der Waals surface area contributed by atoms with E-state index in [9.17, 15) is 4.79 Å². The van der Waals surface area contributed by atoms with Gasteiger partial charge in [-0.15, -0.1) is 0 Å². The summed E-state index contributed by atoms with van der Waals surface area (Å²) in [5, 5.41) is 4.07. The van der Waals surface area contributed by atoms with Crippen LogP contribution >= 0.6 is 11.8 Å². The average molecular weight is 507 g/mol. The third-order valence-corrected chi connectivity index (χ3v) is 7.37. The first-order valence-electron chi connectivity index (χ1n) is 12.6. The predicted octanol–water partition coefficient (Wildman–Crippen LogP) is 6.52. The third-order valence-electron chi connectivity index (χ3n) is 6.32. The van der Waals surface area contributed by atoms with Gasteiger partial charge in [-0.2, -0.15) is 0 Å². The molecule has 0 aliphatic heterocycles. The van der Waals surface area contributed by atoms with Crippen molar-refractivity contribution in [3.8, 4) is 0 Å². The Labute approximate surface area is 222 Å². The molecule has 0 fully saturated rings. The minimum absolute atomic E-state index is 0.0408. The summed E-state index contributed by atoms with van der Waals surface area (Å²) in [6.45, 7) is 2.70. The van der Waals surface area contributed by atoms with Crippen LogP contribution in [0.4, 0.5) is 0 Å². The van der Waals surface area contributed by atoms with Crippen LogP contribution in [-0.4, -0.2) is 26.5 Å². The number of hydrogen-bond acceptors (Lipinski definition) is 4. The number of carbonyl (C=O) groups excluding carboxylic acids is 1. The molecule has 2 heterocycles. The summed E-state index contributed by atoms with van der Waals surface area (Å²) in [6.07, 6.45) is 3.65. The van der Waals surface area contributed by atoms with Crippen LogP contribution in [0.2, 0.25) is 0 Å². The quantitative estimate of drug-likeness (QED) is 0.219. The zero-order chi connectivity index (χ0) is 25.5. The predicted molar refractivity (Wildman–Crippen MR) is 151 cm³/mol. The summed E-state index contributed by atoms with van der Waals surface area (Å²) in [5.74, 6) is 0.798. The first-order chi connectivity index (χ1) is 18.2. The van der Waals surface area contributed by atoms with Crippen molar-refractivity contribution in [3.05, 3.63) is 126 Å². The van der Waals surface area contributed by atoms with Crippen LogP contribution in [0.5, 0.6) is 0 Å². The second-order valence-electron chi connectivity index (χ2n) is 9.20. The van der Waals surface area contributed by atoms with Gasteiger partial charge in [0.1, 0.15) is 5.52 Å². The van der Waals surface area contributed by atoms with E-state index < -0.39 is 0 Å². The van der Waals surface area contributed by atoms with Crippen molar-refractivity contribution in [3.63, 3.8) is 0 Å². The monoisotopic (exact) mass is 506 g/mol. The fourth-order valence-corrected chi connectivity index (χ4v) is 5.22. The number of imidazole rings is 1.